The van der Waals surface area contributed by atoms with Crippen LogP contribution in [0.25, 0.3) is 0 Å². The molecular weight excluding hydrogens is 451 g/mol. The molecule has 1 aromatic rings. The third-order valence-electron chi connectivity index (χ3n) is 4.47. The van der Waals surface area contributed by atoms with E-state index in [1.807, 2.05) is 0 Å². The lowest BCUT2D eigenvalue weighted by atomic mass is 10.1. The maximum atomic E-state index is 13.0. The van der Waals surface area contributed by atoms with Crippen LogP contribution in [0.2, 0.25) is 0 Å². The number of unbranched alkanes of at least 4 members (excludes halogenated alkanes) is 8. The second kappa shape index (κ2) is 16.9. The van der Waals surface area contributed by atoms with Gasteiger partial charge in [0.05, 0.1) is 4.47 Å². The van der Waals surface area contributed by atoms with Crippen molar-refractivity contribution in [1.82, 2.24) is 0 Å². The van der Waals surface area contributed by atoms with Crippen molar-refractivity contribution < 1.29 is 23.5 Å². The summed E-state index contributed by atoms with van der Waals surface area (Å²) in [7, 11) is 0. The molecule has 0 spiro atoms. The average molecular weight is 483 g/mol. The number of esters is 2. The quantitative estimate of drug-likeness (QED) is 0.127. The fourth-order valence-electron chi connectivity index (χ4n) is 2.78. The van der Waals surface area contributed by atoms with Crippen LogP contribution in [0.1, 0.15) is 84.0 Å². The molecule has 0 aliphatic rings. The number of ether oxygens (including phenoxy) is 2. The van der Waals surface area contributed by atoms with Gasteiger partial charge in [0.25, 0.3) is 0 Å². The number of halogens is 2. The molecule has 0 aliphatic carbocycles. The molecular formula is C24H32BrFO4. The van der Waals surface area contributed by atoms with Gasteiger partial charge < -0.3 is 9.47 Å². The van der Waals surface area contributed by atoms with Gasteiger partial charge in [0.2, 0.25) is 0 Å². The molecule has 1 aromatic carbocycles. The van der Waals surface area contributed by atoms with Crippen molar-refractivity contribution in [3.8, 4) is 17.6 Å². The van der Waals surface area contributed by atoms with Gasteiger partial charge in [-0.05, 0) is 47.0 Å². The maximum Gasteiger partial charge on any atom is 0.311 e. The van der Waals surface area contributed by atoms with Crippen LogP contribution in [-0.2, 0) is 14.3 Å². The molecule has 1 rings (SSSR count). The zero-order chi connectivity index (χ0) is 22.0. The largest absolute Gasteiger partial charge is 0.452 e. The van der Waals surface area contributed by atoms with Gasteiger partial charge >= 0.3 is 11.9 Å². The molecule has 0 amide bonds. The molecule has 6 heteroatoms. The van der Waals surface area contributed by atoms with Crippen LogP contribution >= 0.6 is 15.9 Å². The van der Waals surface area contributed by atoms with Crippen molar-refractivity contribution in [2.45, 2.75) is 84.0 Å². The summed E-state index contributed by atoms with van der Waals surface area (Å²) in [4.78, 5) is 23.5. The molecule has 0 saturated heterocycles. The second-order valence-electron chi connectivity index (χ2n) is 7.14. The first-order valence-electron chi connectivity index (χ1n) is 10.8. The predicted molar refractivity (Wildman–Crippen MR) is 120 cm³/mol. The lowest BCUT2D eigenvalue weighted by Crippen LogP contribution is -2.10. The van der Waals surface area contributed by atoms with E-state index in [2.05, 4.69) is 34.7 Å². The highest BCUT2D eigenvalue weighted by Crippen LogP contribution is 2.25. The summed E-state index contributed by atoms with van der Waals surface area (Å²) >= 11 is 3.13. The first-order valence-corrected chi connectivity index (χ1v) is 11.6. The molecule has 0 aliphatic heterocycles. The third kappa shape index (κ3) is 13.4. The fourth-order valence-corrected chi connectivity index (χ4v) is 3.22. The van der Waals surface area contributed by atoms with Gasteiger partial charge in [0, 0.05) is 19.3 Å². The van der Waals surface area contributed by atoms with Gasteiger partial charge in [-0.15, -0.1) is 0 Å². The van der Waals surface area contributed by atoms with E-state index in [-0.39, 0.29) is 31.2 Å². The highest BCUT2D eigenvalue weighted by molar-refractivity contribution is 9.10. The number of carbonyl (C=O) groups is 2. The molecule has 0 radical (unpaired) electrons. The molecule has 0 unspecified atom stereocenters. The molecule has 0 heterocycles. The number of carbonyl (C=O) groups excluding carboxylic acids is 2. The SMILES string of the molecule is CCCCCCCCCCC#CCOC(=O)CCCC(=O)Oc1ccc(F)cc1Br. The Morgan fingerprint density at radius 1 is 0.933 bits per heavy atom. The van der Waals surface area contributed by atoms with Gasteiger partial charge in [-0.25, -0.2) is 4.39 Å². The number of hydrogen-bond acceptors (Lipinski definition) is 4. The summed E-state index contributed by atoms with van der Waals surface area (Å²) in [5, 5.41) is 0. The molecule has 0 saturated carbocycles. The Morgan fingerprint density at radius 3 is 2.30 bits per heavy atom. The van der Waals surface area contributed by atoms with E-state index in [4.69, 9.17) is 9.47 Å². The summed E-state index contributed by atoms with van der Waals surface area (Å²) in [5.74, 6) is 4.84. The van der Waals surface area contributed by atoms with Crippen LogP contribution in [0.3, 0.4) is 0 Å². The van der Waals surface area contributed by atoms with Crippen molar-refractivity contribution in [1.29, 1.82) is 0 Å². The molecule has 0 fully saturated rings. The molecule has 30 heavy (non-hydrogen) atoms. The highest BCUT2D eigenvalue weighted by atomic mass is 79.9. The first kappa shape index (κ1) is 26.2. The van der Waals surface area contributed by atoms with E-state index in [9.17, 15) is 14.0 Å². The van der Waals surface area contributed by atoms with Crippen LogP contribution in [0.5, 0.6) is 5.75 Å². The minimum Gasteiger partial charge on any atom is -0.452 e. The Balaban J connectivity index is 2.02. The summed E-state index contributed by atoms with van der Waals surface area (Å²) in [6, 6.07) is 3.80. The Morgan fingerprint density at radius 2 is 1.60 bits per heavy atom. The average Bonchev–Trinajstić information content (AvgIpc) is 2.71. The minimum absolute atomic E-state index is 0.0725. The zero-order valence-electron chi connectivity index (χ0n) is 17.8. The van der Waals surface area contributed by atoms with E-state index >= 15 is 0 Å². The monoisotopic (exact) mass is 482 g/mol. The van der Waals surface area contributed by atoms with Crippen LogP contribution in [0.15, 0.2) is 22.7 Å². The second-order valence-corrected chi connectivity index (χ2v) is 8.00. The van der Waals surface area contributed by atoms with E-state index in [1.165, 1.54) is 63.1 Å². The Bertz CT molecular complexity index is 709. The number of benzene rings is 1. The minimum atomic E-state index is -0.486. The van der Waals surface area contributed by atoms with Gasteiger partial charge in [-0.1, -0.05) is 63.7 Å². The van der Waals surface area contributed by atoms with Crippen molar-refractivity contribution >= 4 is 27.9 Å². The van der Waals surface area contributed by atoms with Crippen LogP contribution in [0.4, 0.5) is 4.39 Å². The molecule has 0 N–H and O–H groups in total. The topological polar surface area (TPSA) is 52.6 Å². The van der Waals surface area contributed by atoms with E-state index in [0.29, 0.717) is 10.9 Å². The number of rotatable bonds is 14. The first-order chi connectivity index (χ1) is 14.5. The van der Waals surface area contributed by atoms with Gasteiger partial charge in [0.1, 0.15) is 11.6 Å². The highest BCUT2D eigenvalue weighted by Gasteiger charge is 2.10. The standard InChI is InChI=1S/C24H32BrFO4/c1-2-3-4-5-6-7-8-9-10-11-12-18-29-23(27)14-13-15-24(28)30-22-17-16-20(26)19-21(22)25/h16-17,19H,2-10,13-15,18H2,1H3. The van der Waals surface area contributed by atoms with Gasteiger partial charge in [-0.2, -0.15) is 0 Å². The molecule has 0 bridgehead atoms. The maximum absolute atomic E-state index is 13.0. The van der Waals surface area contributed by atoms with E-state index < -0.39 is 11.8 Å². The summed E-state index contributed by atoms with van der Waals surface area (Å²) in [6.07, 6.45) is 11.5. The summed E-state index contributed by atoms with van der Waals surface area (Å²) < 4.78 is 23.6. The Hall–Kier alpha value is -1.87. The predicted octanol–water partition coefficient (Wildman–Crippen LogP) is 6.74. The van der Waals surface area contributed by atoms with Crippen LogP contribution in [0, 0.1) is 17.7 Å². The summed E-state index contributed by atoms with van der Waals surface area (Å²) in [6.45, 7) is 2.31. The summed E-state index contributed by atoms with van der Waals surface area (Å²) in [5.41, 5.74) is 0. The zero-order valence-corrected chi connectivity index (χ0v) is 19.4. The van der Waals surface area contributed by atoms with Crippen molar-refractivity contribution in [3.05, 3.63) is 28.5 Å². The fraction of sp³-hybridized carbons (Fsp3) is 0.583. The van der Waals surface area contributed by atoms with Crippen LogP contribution < -0.4 is 4.74 Å². The normalized spacial score (nSPS) is 10.2. The Kier molecular flexibility index (Phi) is 14.7. The Labute approximate surface area is 188 Å². The molecule has 4 nitrogen and oxygen atoms in total. The van der Waals surface area contributed by atoms with Crippen molar-refractivity contribution in [2.24, 2.45) is 0 Å². The van der Waals surface area contributed by atoms with Crippen molar-refractivity contribution in [3.63, 3.8) is 0 Å². The lowest BCUT2D eigenvalue weighted by molar-refractivity contribution is -0.142. The van der Waals surface area contributed by atoms with E-state index in [1.54, 1.807) is 0 Å². The number of hydrogen-bond donors (Lipinski definition) is 0. The van der Waals surface area contributed by atoms with E-state index in [0.717, 1.165) is 12.8 Å². The molecule has 166 valence electrons. The third-order valence-corrected chi connectivity index (χ3v) is 5.08. The smallest absolute Gasteiger partial charge is 0.311 e. The van der Waals surface area contributed by atoms with Crippen molar-refractivity contribution in [2.75, 3.05) is 6.61 Å². The lowest BCUT2D eigenvalue weighted by Gasteiger charge is -2.06. The molecule has 0 atom stereocenters. The van der Waals surface area contributed by atoms with Gasteiger partial charge in [0.15, 0.2) is 6.61 Å². The van der Waals surface area contributed by atoms with Crippen LogP contribution in [-0.4, -0.2) is 18.5 Å². The van der Waals surface area contributed by atoms with Gasteiger partial charge in [-0.3, -0.25) is 9.59 Å². The molecule has 0 aromatic heterocycles.